The van der Waals surface area contributed by atoms with Crippen LogP contribution in [0.2, 0.25) is 0 Å². The van der Waals surface area contributed by atoms with Gasteiger partial charge in [-0.1, -0.05) is 24.3 Å². The van der Waals surface area contributed by atoms with Gasteiger partial charge >= 0.3 is 11.9 Å². The third kappa shape index (κ3) is 2.95. The lowest BCUT2D eigenvalue weighted by Crippen LogP contribution is -2.05. The molecule has 0 radical (unpaired) electrons. The summed E-state index contributed by atoms with van der Waals surface area (Å²) in [6.07, 6.45) is 0. The second-order valence-electron chi connectivity index (χ2n) is 5.38. The Bertz CT molecular complexity index is 851. The van der Waals surface area contributed by atoms with Crippen LogP contribution in [0.1, 0.15) is 34.6 Å². The molecule has 0 heterocycles. The summed E-state index contributed by atoms with van der Waals surface area (Å²) in [5.41, 5.74) is 0.997. The molecular formula is C20H18O4. The second kappa shape index (κ2) is 6.71. The van der Waals surface area contributed by atoms with Crippen molar-refractivity contribution in [1.29, 1.82) is 0 Å². The summed E-state index contributed by atoms with van der Waals surface area (Å²) in [6.45, 7) is 4.22. The normalized spacial score (nSPS) is 10.8. The van der Waals surface area contributed by atoms with E-state index in [1.807, 2.05) is 36.4 Å². The lowest BCUT2D eigenvalue weighted by Gasteiger charge is -2.08. The lowest BCUT2D eigenvalue weighted by atomic mass is 9.98. The van der Waals surface area contributed by atoms with E-state index in [0.717, 1.165) is 21.5 Å². The number of fused-ring (bicyclic) bond motifs is 3. The Kier molecular flexibility index (Phi) is 4.47. The zero-order valence-electron chi connectivity index (χ0n) is 13.7. The number of esters is 2. The summed E-state index contributed by atoms with van der Waals surface area (Å²) in [4.78, 5) is 24.0. The highest BCUT2D eigenvalue weighted by molar-refractivity contribution is 6.11. The van der Waals surface area contributed by atoms with Gasteiger partial charge in [0, 0.05) is 0 Å². The van der Waals surface area contributed by atoms with E-state index in [1.54, 1.807) is 26.0 Å². The summed E-state index contributed by atoms with van der Waals surface area (Å²) < 4.78 is 10.1. The van der Waals surface area contributed by atoms with E-state index < -0.39 is 0 Å². The summed E-state index contributed by atoms with van der Waals surface area (Å²) in [5, 5.41) is 3.81. The van der Waals surface area contributed by atoms with E-state index >= 15 is 0 Å². The van der Waals surface area contributed by atoms with Gasteiger partial charge in [-0.2, -0.15) is 0 Å². The topological polar surface area (TPSA) is 52.6 Å². The monoisotopic (exact) mass is 322 g/mol. The molecule has 0 unspecified atom stereocenters. The number of hydrogen-bond acceptors (Lipinski definition) is 4. The summed E-state index contributed by atoms with van der Waals surface area (Å²) in [6, 6.07) is 14.9. The van der Waals surface area contributed by atoms with E-state index in [4.69, 9.17) is 9.47 Å². The SMILES string of the molecule is CCOC(=O)c1ccc2ccc3ccc(C(=O)OCC)cc3c2c1. The highest BCUT2D eigenvalue weighted by Gasteiger charge is 2.11. The highest BCUT2D eigenvalue weighted by atomic mass is 16.5. The largest absolute Gasteiger partial charge is 0.462 e. The Hall–Kier alpha value is -2.88. The summed E-state index contributed by atoms with van der Waals surface area (Å²) in [7, 11) is 0. The molecule has 3 rings (SSSR count). The summed E-state index contributed by atoms with van der Waals surface area (Å²) in [5.74, 6) is -0.698. The van der Waals surface area contributed by atoms with Gasteiger partial charge in [-0.3, -0.25) is 0 Å². The van der Waals surface area contributed by atoms with E-state index in [2.05, 4.69) is 0 Å². The number of benzene rings is 3. The molecule has 4 nitrogen and oxygen atoms in total. The molecule has 24 heavy (non-hydrogen) atoms. The molecule has 0 fully saturated rings. The lowest BCUT2D eigenvalue weighted by molar-refractivity contribution is 0.0517. The van der Waals surface area contributed by atoms with E-state index in [0.29, 0.717) is 24.3 Å². The predicted molar refractivity (Wildman–Crippen MR) is 93.4 cm³/mol. The molecule has 0 aliphatic rings. The maximum absolute atomic E-state index is 12.0. The van der Waals surface area contributed by atoms with Crippen molar-refractivity contribution in [2.24, 2.45) is 0 Å². The molecule has 3 aromatic carbocycles. The third-order valence-corrected chi connectivity index (χ3v) is 3.86. The molecule has 0 aliphatic heterocycles. The van der Waals surface area contributed by atoms with Crippen molar-refractivity contribution in [3.05, 3.63) is 59.7 Å². The van der Waals surface area contributed by atoms with Gasteiger partial charge in [0.1, 0.15) is 0 Å². The van der Waals surface area contributed by atoms with Gasteiger partial charge in [-0.25, -0.2) is 9.59 Å². The van der Waals surface area contributed by atoms with Crippen LogP contribution in [0.3, 0.4) is 0 Å². The van der Waals surface area contributed by atoms with Crippen molar-refractivity contribution in [3.8, 4) is 0 Å². The average molecular weight is 322 g/mol. The fourth-order valence-corrected chi connectivity index (χ4v) is 2.73. The number of ether oxygens (including phenoxy) is 2. The number of carbonyl (C=O) groups is 2. The van der Waals surface area contributed by atoms with Gasteiger partial charge in [0.25, 0.3) is 0 Å². The van der Waals surface area contributed by atoms with Crippen molar-refractivity contribution in [1.82, 2.24) is 0 Å². The van der Waals surface area contributed by atoms with Gasteiger partial charge in [0.05, 0.1) is 24.3 Å². The standard InChI is InChI=1S/C20H18O4/c1-3-23-19(21)15-9-7-13-5-6-14-8-10-16(20(22)24-4-2)12-18(14)17(13)11-15/h5-12H,3-4H2,1-2H3. The van der Waals surface area contributed by atoms with Crippen LogP contribution in [-0.2, 0) is 9.47 Å². The highest BCUT2D eigenvalue weighted by Crippen LogP contribution is 2.28. The average Bonchev–Trinajstić information content (AvgIpc) is 2.61. The molecule has 0 aromatic heterocycles. The zero-order chi connectivity index (χ0) is 17.1. The smallest absolute Gasteiger partial charge is 0.338 e. The summed E-state index contributed by atoms with van der Waals surface area (Å²) >= 11 is 0. The minimum atomic E-state index is -0.349. The third-order valence-electron chi connectivity index (χ3n) is 3.86. The van der Waals surface area contributed by atoms with Crippen LogP contribution in [0.4, 0.5) is 0 Å². The fraction of sp³-hybridized carbons (Fsp3) is 0.200. The molecule has 0 atom stereocenters. The molecule has 0 amide bonds. The van der Waals surface area contributed by atoms with Crippen LogP contribution in [-0.4, -0.2) is 25.2 Å². The van der Waals surface area contributed by atoms with Crippen molar-refractivity contribution >= 4 is 33.5 Å². The van der Waals surface area contributed by atoms with Gasteiger partial charge in [-0.05, 0) is 59.7 Å². The van der Waals surface area contributed by atoms with Crippen molar-refractivity contribution < 1.29 is 19.1 Å². The predicted octanol–water partition coefficient (Wildman–Crippen LogP) is 4.35. The molecule has 3 aromatic rings. The van der Waals surface area contributed by atoms with Crippen LogP contribution < -0.4 is 0 Å². The second-order valence-corrected chi connectivity index (χ2v) is 5.38. The first kappa shape index (κ1) is 16.0. The van der Waals surface area contributed by atoms with Crippen molar-refractivity contribution in [2.45, 2.75) is 13.8 Å². The van der Waals surface area contributed by atoms with Gasteiger partial charge in [0.15, 0.2) is 0 Å². The van der Waals surface area contributed by atoms with Gasteiger partial charge < -0.3 is 9.47 Å². The van der Waals surface area contributed by atoms with E-state index in [-0.39, 0.29) is 11.9 Å². The Morgan fingerprint density at radius 3 is 1.46 bits per heavy atom. The minimum absolute atomic E-state index is 0.333. The van der Waals surface area contributed by atoms with Crippen molar-refractivity contribution in [2.75, 3.05) is 13.2 Å². The molecule has 0 N–H and O–H groups in total. The maximum atomic E-state index is 12.0. The van der Waals surface area contributed by atoms with Gasteiger partial charge in [0.2, 0.25) is 0 Å². The number of carbonyl (C=O) groups excluding carboxylic acids is 2. The molecule has 0 spiro atoms. The Morgan fingerprint density at radius 1 is 0.708 bits per heavy atom. The van der Waals surface area contributed by atoms with Gasteiger partial charge in [-0.15, -0.1) is 0 Å². The Morgan fingerprint density at radius 2 is 1.08 bits per heavy atom. The fourth-order valence-electron chi connectivity index (χ4n) is 2.73. The van der Waals surface area contributed by atoms with Crippen LogP contribution in [0.25, 0.3) is 21.5 Å². The number of hydrogen-bond donors (Lipinski definition) is 0. The minimum Gasteiger partial charge on any atom is -0.462 e. The van der Waals surface area contributed by atoms with E-state index in [1.165, 1.54) is 0 Å². The van der Waals surface area contributed by atoms with Crippen LogP contribution >= 0.6 is 0 Å². The molecule has 4 heteroatoms. The first-order chi connectivity index (χ1) is 11.6. The molecule has 0 saturated carbocycles. The Labute approximate surface area is 140 Å². The maximum Gasteiger partial charge on any atom is 0.338 e. The zero-order valence-corrected chi connectivity index (χ0v) is 13.7. The van der Waals surface area contributed by atoms with Crippen LogP contribution in [0, 0.1) is 0 Å². The van der Waals surface area contributed by atoms with Crippen LogP contribution in [0.15, 0.2) is 48.5 Å². The van der Waals surface area contributed by atoms with E-state index in [9.17, 15) is 9.59 Å². The molecule has 0 bridgehead atoms. The quantitative estimate of drug-likeness (QED) is 0.529. The molecule has 0 saturated heterocycles. The molecular weight excluding hydrogens is 304 g/mol. The van der Waals surface area contributed by atoms with Crippen molar-refractivity contribution in [3.63, 3.8) is 0 Å². The molecule has 0 aliphatic carbocycles. The number of rotatable bonds is 4. The first-order valence-electron chi connectivity index (χ1n) is 7.94. The Balaban J connectivity index is 2.18. The van der Waals surface area contributed by atoms with Crippen LogP contribution in [0.5, 0.6) is 0 Å². The first-order valence-corrected chi connectivity index (χ1v) is 7.94. The molecule has 122 valence electrons.